The van der Waals surface area contributed by atoms with Crippen molar-refractivity contribution in [3.05, 3.63) is 119 Å². The Labute approximate surface area is 221 Å². The van der Waals surface area contributed by atoms with Gasteiger partial charge in [-0.2, -0.15) is 0 Å². The van der Waals surface area contributed by atoms with Crippen LogP contribution in [0, 0.1) is 0 Å². The first kappa shape index (κ1) is 22.7. The largest absolute Gasteiger partial charge is 1.00 e. The molecular weight excluding hydrogens is 524 g/mol. The average molecular weight is 545 g/mol. The zero-order valence-corrected chi connectivity index (χ0v) is 22.0. The molecule has 0 radical (unpaired) electrons. The number of para-hydroxylation sites is 1. The third-order valence-electron chi connectivity index (χ3n) is 7.26. The van der Waals surface area contributed by atoms with Crippen LogP contribution in [0.4, 0.5) is 0 Å². The molecule has 0 aliphatic heterocycles. The van der Waals surface area contributed by atoms with E-state index >= 15 is 0 Å². The van der Waals surface area contributed by atoms with Gasteiger partial charge in [0.05, 0.1) is 0 Å². The fourth-order valence-corrected chi connectivity index (χ4v) is 7.44. The Morgan fingerprint density at radius 3 is 2.03 bits per heavy atom. The number of aromatic nitrogens is 1. The van der Waals surface area contributed by atoms with Crippen LogP contribution >= 0.6 is 0 Å². The summed E-state index contributed by atoms with van der Waals surface area (Å²) in [5.41, 5.74) is 14.4. The Balaban J connectivity index is 0.00000114. The van der Waals surface area contributed by atoms with Gasteiger partial charge in [-0.05, 0) is 0 Å². The first-order valence-electron chi connectivity index (χ1n) is 10.9. The average Bonchev–Trinajstić information content (AvgIpc) is 3.42. The zero-order valence-electron chi connectivity index (χ0n) is 18.0. The van der Waals surface area contributed by atoms with Gasteiger partial charge >= 0.3 is 198 Å². The van der Waals surface area contributed by atoms with Crippen LogP contribution in [0.5, 0.6) is 0 Å². The Kier molecular flexibility index (Phi) is 5.68. The normalized spacial score (nSPS) is 16.9. The maximum absolute atomic E-state index is 2.40. The fourth-order valence-electron chi connectivity index (χ4n) is 6.02. The predicted octanol–water partition coefficient (Wildman–Crippen LogP) is 0.964. The van der Waals surface area contributed by atoms with Crippen LogP contribution in [0.15, 0.2) is 91.0 Å². The van der Waals surface area contributed by atoms with E-state index in [4.69, 9.17) is 0 Å². The molecule has 0 saturated carbocycles. The van der Waals surface area contributed by atoms with Crippen molar-refractivity contribution in [2.45, 2.75) is 9.54 Å². The van der Waals surface area contributed by atoms with Gasteiger partial charge in [-0.3, -0.25) is 0 Å². The molecule has 33 heavy (non-hydrogen) atoms. The van der Waals surface area contributed by atoms with E-state index in [1.807, 2.05) is 0 Å². The third-order valence-corrected chi connectivity index (χ3v) is 8.74. The molecule has 0 amide bonds. The monoisotopic (exact) mass is 542 g/mol. The number of halogens is 2. The van der Waals surface area contributed by atoms with Crippen molar-refractivity contribution in [1.82, 2.24) is 4.57 Å². The van der Waals surface area contributed by atoms with Crippen LogP contribution in [-0.2, 0) is 31.8 Å². The van der Waals surface area contributed by atoms with Gasteiger partial charge < -0.3 is 24.8 Å². The van der Waals surface area contributed by atoms with Crippen LogP contribution in [0.25, 0.3) is 33.3 Å². The van der Waals surface area contributed by atoms with Gasteiger partial charge in [-0.1, -0.05) is 0 Å². The van der Waals surface area contributed by atoms with Crippen molar-refractivity contribution in [3.8, 4) is 22.4 Å². The summed E-state index contributed by atoms with van der Waals surface area (Å²) in [6.07, 6.45) is 0. The first-order valence-corrected chi connectivity index (χ1v) is 12.3. The van der Waals surface area contributed by atoms with Crippen molar-refractivity contribution >= 4 is 10.9 Å². The number of fused-ring (bicyclic) bond motifs is 8. The number of benzene rings is 4. The summed E-state index contributed by atoms with van der Waals surface area (Å²) in [6, 6.07) is 33.9. The zero-order chi connectivity index (χ0) is 20.7. The summed E-state index contributed by atoms with van der Waals surface area (Å²) in [7, 11) is 2.22. The molecule has 1 aromatic heterocycles. The van der Waals surface area contributed by atoms with Gasteiger partial charge in [0.15, 0.2) is 0 Å². The molecule has 4 heteroatoms. The molecule has 0 bridgehead atoms. The fraction of sp³-hybridized carbons (Fsp3) is 0.103. The topological polar surface area (TPSA) is 4.93 Å². The van der Waals surface area contributed by atoms with E-state index in [0.29, 0.717) is 3.63 Å². The standard InChI is InChI=1S/C29H20N.2ClH.Zr/c1-30-26-16-7-6-13-24(26)28-27(21-11-4-5-12-23(21)29(28)30)22-15-8-14-20-19-10-3-2-9-18(19)17-25(20)22;;;/h2-17,27H,1H3;2*1H;/q;;;+2/p-2. The van der Waals surface area contributed by atoms with Crippen molar-refractivity contribution in [3.63, 3.8) is 0 Å². The molecule has 5 aromatic rings. The summed E-state index contributed by atoms with van der Waals surface area (Å²) in [4.78, 5) is 0. The van der Waals surface area contributed by atoms with Gasteiger partial charge in [0.25, 0.3) is 0 Å². The number of hydrogen-bond donors (Lipinski definition) is 0. The minimum atomic E-state index is 0. The minimum absolute atomic E-state index is 0. The van der Waals surface area contributed by atoms with Crippen LogP contribution in [-0.4, -0.2) is 4.57 Å². The SMILES string of the molecule is Cn1c2c(c3ccccc31)C(c1cccc3c1[CH]([Zr+2])c1ccccc1-3)c1ccccc1-2.[Cl-].[Cl-]. The van der Waals surface area contributed by atoms with Crippen LogP contribution < -0.4 is 24.8 Å². The van der Waals surface area contributed by atoms with E-state index < -0.39 is 0 Å². The van der Waals surface area contributed by atoms with Gasteiger partial charge in [0.1, 0.15) is 0 Å². The molecule has 2 aliphatic carbocycles. The molecule has 1 heterocycles. The Morgan fingerprint density at radius 2 is 1.21 bits per heavy atom. The first-order chi connectivity index (χ1) is 15.3. The van der Waals surface area contributed by atoms with Crippen molar-refractivity contribution in [2.24, 2.45) is 7.05 Å². The molecule has 2 atom stereocenters. The summed E-state index contributed by atoms with van der Waals surface area (Å²) in [6.45, 7) is 0. The van der Waals surface area contributed by atoms with Crippen LogP contribution in [0.1, 0.15) is 37.4 Å². The molecule has 0 N–H and O–H groups in total. The second-order valence-electron chi connectivity index (χ2n) is 8.69. The maximum atomic E-state index is 2.40. The third kappa shape index (κ3) is 2.94. The second kappa shape index (κ2) is 8.28. The maximum Gasteiger partial charge on any atom is -1.00 e. The van der Waals surface area contributed by atoms with Crippen molar-refractivity contribution in [2.75, 3.05) is 0 Å². The van der Waals surface area contributed by atoms with E-state index in [0.717, 1.165) is 0 Å². The van der Waals surface area contributed by atoms with Gasteiger partial charge in [-0.15, -0.1) is 0 Å². The summed E-state index contributed by atoms with van der Waals surface area (Å²) in [5, 5.41) is 1.38. The van der Waals surface area contributed by atoms with Crippen LogP contribution in [0.3, 0.4) is 0 Å². The van der Waals surface area contributed by atoms with E-state index in [1.165, 1.54) is 55.5 Å². The molecule has 4 aromatic carbocycles. The van der Waals surface area contributed by atoms with E-state index in [1.54, 1.807) is 30.3 Å². The molecule has 0 fully saturated rings. The molecule has 1 nitrogen and oxygen atoms in total. The van der Waals surface area contributed by atoms with Crippen LogP contribution in [0.2, 0.25) is 0 Å². The molecule has 0 saturated heterocycles. The Bertz CT molecular complexity index is 1530. The second-order valence-corrected chi connectivity index (χ2v) is 10.1. The van der Waals surface area contributed by atoms with E-state index in [9.17, 15) is 0 Å². The summed E-state index contributed by atoms with van der Waals surface area (Å²) in [5.74, 6) is 0.282. The molecule has 7 rings (SSSR count). The Hall–Kier alpha value is -2.12. The predicted molar refractivity (Wildman–Crippen MR) is 123 cm³/mol. The van der Waals surface area contributed by atoms with Gasteiger partial charge in [-0.25, -0.2) is 0 Å². The molecular formula is C29H20Cl2NZr. The molecule has 159 valence electrons. The summed E-state index contributed by atoms with van der Waals surface area (Å²) < 4.78 is 2.90. The number of aryl methyl sites for hydroxylation is 1. The number of nitrogens with zero attached hydrogens (tertiary/aromatic N) is 1. The van der Waals surface area contributed by atoms with Crippen molar-refractivity contribution in [1.29, 1.82) is 0 Å². The minimum Gasteiger partial charge on any atom is -1.00 e. The van der Waals surface area contributed by atoms with E-state index in [-0.39, 0.29) is 30.7 Å². The van der Waals surface area contributed by atoms with Crippen molar-refractivity contribution < 1.29 is 49.5 Å². The Morgan fingerprint density at radius 1 is 0.606 bits per heavy atom. The molecule has 0 spiro atoms. The van der Waals surface area contributed by atoms with E-state index in [2.05, 4.69) is 103 Å². The number of hydrogen-bond acceptors (Lipinski definition) is 0. The molecule has 2 aliphatic rings. The van der Waals surface area contributed by atoms with Gasteiger partial charge in [0.2, 0.25) is 0 Å². The smallest absolute Gasteiger partial charge is 1.00 e. The summed E-state index contributed by atoms with van der Waals surface area (Å²) >= 11 is 1.56. The quantitative estimate of drug-likeness (QED) is 0.291. The van der Waals surface area contributed by atoms with Gasteiger partial charge in [0, 0.05) is 0 Å². The number of rotatable bonds is 1. The molecule has 2 unspecified atom stereocenters.